The third-order valence-corrected chi connectivity index (χ3v) is 9.13. The number of fused-ring (bicyclic) bond motifs is 6. The largest absolute Gasteiger partial charge is 0.316 e. The zero-order valence-corrected chi connectivity index (χ0v) is 25.0. The molecule has 0 bridgehead atoms. The summed E-state index contributed by atoms with van der Waals surface area (Å²) in [5, 5.41) is 5.72. The topological polar surface area (TPSA) is 26.9 Å². The summed E-state index contributed by atoms with van der Waals surface area (Å²) in [4.78, 5) is 13.8. The first-order chi connectivity index (χ1) is 22.7. The lowest BCUT2D eigenvalue weighted by molar-refractivity contribution is 0.103. The molecule has 0 N–H and O–H groups in total. The summed E-state index contributed by atoms with van der Waals surface area (Å²) in [6, 6.07) is 56.5. The van der Waals surface area contributed by atoms with Crippen LogP contribution in [0, 0.1) is 0 Å². The van der Waals surface area contributed by atoms with Crippen molar-refractivity contribution >= 4 is 49.3 Å². The molecule has 0 spiro atoms. The Kier molecular flexibility index (Phi) is 5.97. The van der Waals surface area contributed by atoms with Crippen molar-refractivity contribution in [1.29, 1.82) is 0 Å². The molecule has 0 amide bonds. The average Bonchev–Trinajstić information content (AvgIpc) is 3.71. The van der Waals surface area contributed by atoms with Gasteiger partial charge in [-0.3, -0.25) is 4.79 Å². The van der Waals surface area contributed by atoms with Crippen molar-refractivity contribution in [1.82, 2.24) is 9.13 Å². The van der Waals surface area contributed by atoms with Crippen LogP contribution in [0.5, 0.6) is 0 Å². The number of carbonyl (C=O) groups is 1. The van der Waals surface area contributed by atoms with Crippen LogP contribution >= 0.6 is 0 Å². The molecule has 216 valence electrons. The van der Waals surface area contributed by atoms with Gasteiger partial charge in [0.2, 0.25) is 0 Å². The van der Waals surface area contributed by atoms with Crippen LogP contribution in [0.2, 0.25) is 0 Å². The molecular formula is C43H28N2O. The molecule has 0 aliphatic rings. The molecule has 0 atom stereocenters. The predicted octanol–water partition coefficient (Wildman–Crippen LogP) is 10.8. The van der Waals surface area contributed by atoms with Gasteiger partial charge in [0.15, 0.2) is 5.78 Å². The van der Waals surface area contributed by atoms with Crippen LogP contribution in [0.25, 0.3) is 66.0 Å². The molecule has 2 aromatic heterocycles. The molecule has 0 unspecified atom stereocenters. The maximum atomic E-state index is 13.8. The standard InChI is InChI=1S/C43H28N2O/c46-43(34-18-17-30-11-4-5-12-32(30)27-34)33-13-8-14-36(28-33)45-41-16-7-6-15-37(41)38-23-24-40-39(42(38)45)25-26-44(40)35-21-19-31(20-22-35)29-9-2-1-3-10-29/h1-28H. The van der Waals surface area contributed by atoms with Crippen molar-refractivity contribution in [3.8, 4) is 22.5 Å². The van der Waals surface area contributed by atoms with Crippen LogP contribution in [0.1, 0.15) is 15.9 Å². The lowest BCUT2D eigenvalue weighted by Gasteiger charge is -2.12. The van der Waals surface area contributed by atoms with Crippen LogP contribution in [0.15, 0.2) is 170 Å². The Hall–Kier alpha value is -6.19. The highest BCUT2D eigenvalue weighted by molar-refractivity contribution is 6.18. The predicted molar refractivity (Wildman–Crippen MR) is 190 cm³/mol. The van der Waals surface area contributed by atoms with Crippen LogP contribution < -0.4 is 0 Å². The van der Waals surface area contributed by atoms with E-state index in [0.717, 1.165) is 44.1 Å². The van der Waals surface area contributed by atoms with Gasteiger partial charge in [-0.15, -0.1) is 0 Å². The van der Waals surface area contributed by atoms with E-state index in [1.807, 2.05) is 54.6 Å². The van der Waals surface area contributed by atoms with E-state index in [2.05, 4.69) is 125 Å². The fraction of sp³-hybridized carbons (Fsp3) is 0. The second-order valence-electron chi connectivity index (χ2n) is 11.8. The van der Waals surface area contributed by atoms with Gasteiger partial charge in [0.05, 0.1) is 16.6 Å². The molecule has 0 radical (unpaired) electrons. The summed E-state index contributed by atoms with van der Waals surface area (Å²) in [5.74, 6) is 0.0172. The molecule has 0 aliphatic heterocycles. The van der Waals surface area contributed by atoms with Gasteiger partial charge in [-0.05, 0) is 70.4 Å². The van der Waals surface area contributed by atoms with Crippen LogP contribution in [-0.4, -0.2) is 14.9 Å². The SMILES string of the molecule is O=C(c1cccc(-n2c3ccccc3c3ccc4c(ccn4-c4ccc(-c5ccccc5)cc4)c32)c1)c1ccc2ccccc2c1. The van der Waals surface area contributed by atoms with E-state index in [4.69, 9.17) is 0 Å². The number of nitrogens with zero attached hydrogens (tertiary/aromatic N) is 2. The first-order valence-corrected chi connectivity index (χ1v) is 15.6. The summed E-state index contributed by atoms with van der Waals surface area (Å²) < 4.78 is 4.57. The highest BCUT2D eigenvalue weighted by atomic mass is 16.1. The first-order valence-electron chi connectivity index (χ1n) is 15.6. The van der Waals surface area contributed by atoms with Gasteiger partial charge in [0.1, 0.15) is 0 Å². The van der Waals surface area contributed by atoms with Crippen molar-refractivity contribution in [2.75, 3.05) is 0 Å². The maximum absolute atomic E-state index is 13.8. The van der Waals surface area contributed by atoms with E-state index in [-0.39, 0.29) is 5.78 Å². The second-order valence-corrected chi connectivity index (χ2v) is 11.8. The number of rotatable bonds is 5. The van der Waals surface area contributed by atoms with Crippen molar-refractivity contribution in [2.24, 2.45) is 0 Å². The number of hydrogen-bond donors (Lipinski definition) is 0. The Bertz CT molecular complexity index is 2590. The van der Waals surface area contributed by atoms with E-state index in [1.54, 1.807) is 0 Å². The quantitative estimate of drug-likeness (QED) is 0.184. The minimum absolute atomic E-state index is 0.0172. The van der Waals surface area contributed by atoms with E-state index in [0.29, 0.717) is 11.1 Å². The van der Waals surface area contributed by atoms with Crippen molar-refractivity contribution in [2.45, 2.75) is 0 Å². The summed E-state index contributed by atoms with van der Waals surface area (Å²) in [6.07, 6.45) is 2.16. The number of aromatic nitrogens is 2. The third kappa shape index (κ3) is 4.17. The molecule has 3 heteroatoms. The zero-order chi connectivity index (χ0) is 30.6. The molecule has 9 rings (SSSR count). The Morgan fingerprint density at radius 3 is 2.04 bits per heavy atom. The normalized spacial score (nSPS) is 11.6. The first kappa shape index (κ1) is 26.2. The van der Waals surface area contributed by atoms with Crippen LogP contribution in [-0.2, 0) is 0 Å². The number of para-hydroxylation sites is 1. The highest BCUT2D eigenvalue weighted by Crippen LogP contribution is 2.38. The fourth-order valence-corrected chi connectivity index (χ4v) is 6.90. The second kappa shape index (κ2) is 10.5. The summed E-state index contributed by atoms with van der Waals surface area (Å²) in [7, 11) is 0. The maximum Gasteiger partial charge on any atom is 0.193 e. The summed E-state index contributed by atoms with van der Waals surface area (Å²) in [5.41, 5.74) is 9.21. The molecule has 0 aliphatic carbocycles. The van der Waals surface area contributed by atoms with Crippen LogP contribution in [0.4, 0.5) is 0 Å². The van der Waals surface area contributed by atoms with Crippen LogP contribution in [0.3, 0.4) is 0 Å². The summed E-state index contributed by atoms with van der Waals surface area (Å²) >= 11 is 0. The highest BCUT2D eigenvalue weighted by Gasteiger charge is 2.18. The molecule has 3 nitrogen and oxygen atoms in total. The number of carbonyl (C=O) groups excluding carboxylic acids is 1. The third-order valence-electron chi connectivity index (χ3n) is 9.13. The molecule has 0 fully saturated rings. The lowest BCUT2D eigenvalue weighted by Crippen LogP contribution is -2.03. The van der Waals surface area contributed by atoms with E-state index in [1.165, 1.54) is 21.9 Å². The molecule has 46 heavy (non-hydrogen) atoms. The molecule has 0 saturated carbocycles. The van der Waals surface area contributed by atoms with Gasteiger partial charge in [-0.1, -0.05) is 115 Å². The lowest BCUT2D eigenvalue weighted by atomic mass is 9.99. The van der Waals surface area contributed by atoms with Crippen molar-refractivity contribution in [3.63, 3.8) is 0 Å². The van der Waals surface area contributed by atoms with E-state index in [9.17, 15) is 4.79 Å². The monoisotopic (exact) mass is 588 g/mol. The minimum atomic E-state index is 0.0172. The van der Waals surface area contributed by atoms with Gasteiger partial charge in [-0.25, -0.2) is 0 Å². The van der Waals surface area contributed by atoms with Crippen molar-refractivity contribution < 1.29 is 4.79 Å². The van der Waals surface area contributed by atoms with E-state index >= 15 is 0 Å². The van der Waals surface area contributed by atoms with Gasteiger partial charge in [0.25, 0.3) is 0 Å². The Labute approximate surface area is 266 Å². The smallest absolute Gasteiger partial charge is 0.193 e. The van der Waals surface area contributed by atoms with Gasteiger partial charge in [0, 0.05) is 44.9 Å². The molecule has 7 aromatic carbocycles. The molecule has 0 saturated heterocycles. The Morgan fingerprint density at radius 1 is 0.435 bits per heavy atom. The number of hydrogen-bond acceptors (Lipinski definition) is 1. The zero-order valence-electron chi connectivity index (χ0n) is 25.0. The van der Waals surface area contributed by atoms with Crippen molar-refractivity contribution in [3.05, 3.63) is 181 Å². The van der Waals surface area contributed by atoms with E-state index < -0.39 is 0 Å². The molecular weight excluding hydrogens is 560 g/mol. The number of ketones is 1. The average molecular weight is 589 g/mol. The van der Waals surface area contributed by atoms with Gasteiger partial charge < -0.3 is 9.13 Å². The minimum Gasteiger partial charge on any atom is -0.316 e. The Morgan fingerprint density at radius 2 is 1.17 bits per heavy atom. The number of benzene rings is 7. The van der Waals surface area contributed by atoms with Gasteiger partial charge >= 0.3 is 0 Å². The Balaban J connectivity index is 1.19. The molecule has 9 aromatic rings. The summed E-state index contributed by atoms with van der Waals surface area (Å²) in [6.45, 7) is 0. The fourth-order valence-electron chi connectivity index (χ4n) is 6.90. The molecule has 2 heterocycles. The van der Waals surface area contributed by atoms with Gasteiger partial charge in [-0.2, -0.15) is 0 Å².